The third-order valence-corrected chi connectivity index (χ3v) is 14.0. The Kier molecular flexibility index (Phi) is 38.2. The fourth-order valence-electron chi connectivity index (χ4n) is 4.28. The minimum absolute atomic E-state index is 0.104. The smallest absolute Gasteiger partial charge is 0.292 e. The summed E-state index contributed by atoms with van der Waals surface area (Å²) in [6.45, 7) is 23.2. The van der Waals surface area contributed by atoms with Crippen molar-refractivity contribution in [1.29, 1.82) is 0 Å². The van der Waals surface area contributed by atoms with Crippen LogP contribution in [0.4, 0.5) is 8.78 Å². The van der Waals surface area contributed by atoms with Crippen LogP contribution in [0.25, 0.3) is 0 Å². The van der Waals surface area contributed by atoms with Crippen molar-refractivity contribution in [2.75, 3.05) is 0 Å². The fourth-order valence-corrected chi connectivity index (χ4v) is 7.91. The van der Waals surface area contributed by atoms with Crippen LogP contribution in [0.3, 0.4) is 0 Å². The number of hydrogen-bond donors (Lipinski definition) is 0. The highest BCUT2D eigenvalue weighted by atomic mass is 35.5. The Morgan fingerprint density at radius 3 is 1.36 bits per heavy atom. The highest BCUT2D eigenvalue weighted by molar-refractivity contribution is 7.16. The number of thiazole rings is 2. The average molecular weight is 1330 g/mol. The van der Waals surface area contributed by atoms with Gasteiger partial charge in [-0.3, -0.25) is 15.0 Å². The zero-order valence-corrected chi connectivity index (χ0v) is 55.2. The standard InChI is InChI=1S/C7H8ClN.C6H5Cl2N.C6H6ClN.C6H8N2.C6H7N.C4H3Cl2NS.C4H4ClNO.C4H4ClNS.C4H6F2.C4H8.C3H3ClN2S/c1-2-6-3-4-7(8)9-5-6;1-4-2-5(7)6(8)9-3-4;1-5-2-3-6(7)8-4-5;1-5-3-8-6(2)4-7-5;1-6-3-2-4-7-5-6;1-2-3(5)7-4(6)8-2;2*1-3-2-6-4(5)7-3;1-3-2-4(3,5)6;1-4-2-3-4;1-2-5-6-3(4)7-2/h3-5H,2H2,1H3;2-3H,1H3;2-4H,1H3;3-4H,1-2H3;2-5H,1H3;1H3;2*2H,1H3;3H,2H2,1H3;4H,2-3H2,1H3;1H3. The van der Waals surface area contributed by atoms with Gasteiger partial charge in [0.1, 0.15) is 31.4 Å². The largest absolute Gasteiger partial charge is 0.433 e. The number of rotatable bonds is 1. The van der Waals surface area contributed by atoms with Crippen molar-refractivity contribution in [3.63, 3.8) is 0 Å². The van der Waals surface area contributed by atoms with Gasteiger partial charge in [0.05, 0.1) is 22.6 Å². The highest BCUT2D eigenvalue weighted by Gasteiger charge is 2.53. The lowest BCUT2D eigenvalue weighted by Gasteiger charge is -1.93. The first kappa shape index (κ1) is 74.2. The molecule has 2 aliphatic rings. The Morgan fingerprint density at radius 1 is 0.575 bits per heavy atom. The van der Waals surface area contributed by atoms with Crippen LogP contribution in [0.15, 0.2) is 103 Å². The molecule has 80 heavy (non-hydrogen) atoms. The summed E-state index contributed by atoms with van der Waals surface area (Å²) in [4.78, 5) is 36.8. The van der Waals surface area contributed by atoms with E-state index in [0.29, 0.717) is 39.0 Å². The molecule has 1 atom stereocenters. The first-order chi connectivity index (χ1) is 37.6. The van der Waals surface area contributed by atoms with Crippen LogP contribution in [0.5, 0.6) is 0 Å². The third-order valence-electron chi connectivity index (χ3n) is 9.13. The van der Waals surface area contributed by atoms with Crippen LogP contribution in [-0.2, 0) is 6.42 Å². The first-order valence-corrected chi connectivity index (χ1v) is 29.8. The van der Waals surface area contributed by atoms with E-state index in [1.165, 1.54) is 58.0 Å². The number of nitrogens with zero attached hydrogens (tertiary/aromatic N) is 11. The summed E-state index contributed by atoms with van der Waals surface area (Å²) in [6, 6.07) is 13.2. The second kappa shape index (κ2) is 41.2. The Morgan fingerprint density at radius 2 is 1.14 bits per heavy atom. The molecule has 0 bridgehead atoms. The SMILES string of the molecule is CC1CC1.CC1CC1(F)F.CCc1ccc(Cl)nc1.Cc1ccc(Cl)nc1.Cc1cccnc1.Cc1cnc(C)cn1.Cc1cnc(Cl)c(Cl)c1.Cc1cnc(Cl)o1.Cc1cnc(Cl)s1.Cc1nnc(Cl)s1.Cc1sc(Cl)nc1Cl. The van der Waals surface area contributed by atoms with Gasteiger partial charge in [-0.1, -0.05) is 144 Å². The van der Waals surface area contributed by atoms with E-state index in [-0.39, 0.29) is 17.7 Å². The van der Waals surface area contributed by atoms with Crippen molar-refractivity contribution < 1.29 is 13.2 Å². The van der Waals surface area contributed by atoms with Crippen molar-refractivity contribution in [2.24, 2.45) is 11.8 Å². The van der Waals surface area contributed by atoms with Crippen LogP contribution in [0.2, 0.25) is 44.4 Å². The maximum atomic E-state index is 11.5. The van der Waals surface area contributed by atoms with Gasteiger partial charge in [-0.25, -0.2) is 38.7 Å². The molecule has 0 aliphatic heterocycles. The highest BCUT2D eigenvalue weighted by Crippen LogP contribution is 2.47. The molecule has 434 valence electrons. The lowest BCUT2D eigenvalue weighted by molar-refractivity contribution is 0.102. The number of halogens is 11. The van der Waals surface area contributed by atoms with E-state index in [4.69, 9.17) is 109 Å². The molecule has 0 spiro atoms. The number of hydrogen-bond acceptors (Lipinski definition) is 15. The van der Waals surface area contributed by atoms with Gasteiger partial charge in [-0.2, -0.15) is 0 Å². The molecule has 26 heteroatoms. The fraction of sp³-hybridized carbons (Fsp3) is 0.352. The average Bonchev–Trinajstić information content (AvgIpc) is 3.99. The molecule has 2 fully saturated rings. The maximum Gasteiger partial charge on any atom is 0.292 e. The number of oxazole rings is 1. The minimum Gasteiger partial charge on any atom is -0.433 e. The van der Waals surface area contributed by atoms with Crippen molar-refractivity contribution in [2.45, 2.75) is 115 Å². The van der Waals surface area contributed by atoms with E-state index in [1.54, 1.807) is 81.6 Å². The number of pyridine rings is 4. The molecule has 12 nitrogen and oxygen atoms in total. The summed E-state index contributed by atoms with van der Waals surface area (Å²) < 4.78 is 29.4. The number of aryl methyl sites for hydroxylation is 10. The van der Waals surface area contributed by atoms with E-state index in [1.807, 2.05) is 85.9 Å². The molecule has 9 aromatic heterocycles. The molecule has 0 aromatic carbocycles. The third kappa shape index (κ3) is 39.6. The normalized spacial score (nSPS) is 12.5. The maximum absolute atomic E-state index is 11.5. The van der Waals surface area contributed by atoms with Crippen LogP contribution in [0.1, 0.15) is 94.2 Å². The van der Waals surface area contributed by atoms with Gasteiger partial charge >= 0.3 is 0 Å². The molecule has 9 aromatic rings. The molecule has 11 rings (SSSR count). The van der Waals surface area contributed by atoms with Gasteiger partial charge in [0.15, 0.2) is 8.93 Å². The molecule has 0 radical (unpaired) electrons. The van der Waals surface area contributed by atoms with Crippen molar-refractivity contribution in [3.8, 4) is 0 Å². The van der Waals surface area contributed by atoms with Crippen LogP contribution >= 0.6 is 138 Å². The van der Waals surface area contributed by atoms with Gasteiger partial charge in [0.2, 0.25) is 4.47 Å². The zero-order chi connectivity index (χ0) is 60.4. The minimum atomic E-state index is -2.29. The number of alkyl halides is 2. The lowest BCUT2D eigenvalue weighted by Crippen LogP contribution is -1.87. The van der Waals surface area contributed by atoms with Crippen LogP contribution in [-0.4, -0.2) is 61.0 Å². The van der Waals surface area contributed by atoms with E-state index in [9.17, 15) is 8.78 Å². The molecule has 0 amide bonds. The molecular formula is C54H62Cl9F2N11OS3. The van der Waals surface area contributed by atoms with E-state index >= 15 is 0 Å². The number of aromatic nitrogens is 11. The van der Waals surface area contributed by atoms with Crippen molar-refractivity contribution >= 4 is 138 Å². The summed E-state index contributed by atoms with van der Waals surface area (Å²) in [5, 5.41) is 10.8. The molecule has 0 N–H and O–H groups in total. The zero-order valence-electron chi connectivity index (χ0n) is 45.9. The van der Waals surface area contributed by atoms with Crippen molar-refractivity contribution in [1.82, 2.24) is 55.1 Å². The predicted molar refractivity (Wildman–Crippen MR) is 334 cm³/mol. The van der Waals surface area contributed by atoms with E-state index < -0.39 is 5.92 Å². The van der Waals surface area contributed by atoms with E-state index in [0.717, 1.165) is 55.4 Å². The monoisotopic (exact) mass is 1330 g/mol. The molecule has 2 aliphatic carbocycles. The van der Waals surface area contributed by atoms with Crippen molar-refractivity contribution in [3.05, 3.63) is 197 Å². The molecule has 2 saturated carbocycles. The first-order valence-electron chi connectivity index (χ1n) is 23.9. The quantitative estimate of drug-likeness (QED) is 0.144. The molecule has 1 unspecified atom stereocenters. The molecular weight excluding hydrogens is 1270 g/mol. The van der Waals surface area contributed by atoms with Gasteiger partial charge in [0, 0.05) is 71.7 Å². The summed E-state index contributed by atoms with van der Waals surface area (Å²) in [5.74, 6) is -0.803. The van der Waals surface area contributed by atoms with Crippen LogP contribution in [0, 0.1) is 74.1 Å². The lowest BCUT2D eigenvalue weighted by atomic mass is 10.2. The molecule has 9 heterocycles. The summed E-state index contributed by atoms with van der Waals surface area (Å²) in [7, 11) is 0. The second-order valence-electron chi connectivity index (χ2n) is 17.0. The van der Waals surface area contributed by atoms with Gasteiger partial charge in [-0.15, -0.1) is 32.9 Å². The predicted octanol–water partition coefficient (Wildman–Crippen LogP) is 20.6. The van der Waals surface area contributed by atoms with Gasteiger partial charge in [-0.05, 0) is 144 Å². The van der Waals surface area contributed by atoms with Crippen LogP contribution < -0.4 is 0 Å². The Labute approximate surface area is 525 Å². The Balaban J connectivity index is 0.000000442. The molecule has 0 saturated heterocycles. The Hall–Kier alpha value is -3.82. The van der Waals surface area contributed by atoms with E-state index in [2.05, 4.69) is 68.9 Å². The van der Waals surface area contributed by atoms with Gasteiger partial charge < -0.3 is 4.42 Å². The van der Waals surface area contributed by atoms with Gasteiger partial charge in [0.25, 0.3) is 11.3 Å². The summed E-state index contributed by atoms with van der Waals surface area (Å²) in [6.07, 6.45) is 19.8. The Bertz CT molecular complexity index is 2800. The summed E-state index contributed by atoms with van der Waals surface area (Å²) in [5.41, 5.74) is 6.52. The second-order valence-corrected chi connectivity index (χ2v) is 24.6. The topological polar surface area (TPSA) is 155 Å². The summed E-state index contributed by atoms with van der Waals surface area (Å²) >= 11 is 53.7.